The predicted octanol–water partition coefficient (Wildman–Crippen LogP) is 2.68. The minimum atomic E-state index is -2.72. The fourth-order valence-electron chi connectivity index (χ4n) is 3.29. The Kier molecular flexibility index (Phi) is 5.40. The van der Waals surface area contributed by atoms with Crippen molar-refractivity contribution in [2.45, 2.75) is 38.2 Å². The van der Waals surface area contributed by atoms with E-state index in [-0.39, 0.29) is 12.8 Å². The van der Waals surface area contributed by atoms with Crippen LogP contribution in [0.4, 0.5) is 14.6 Å². The first kappa shape index (κ1) is 17.2. The molecule has 7 heteroatoms. The summed E-state index contributed by atoms with van der Waals surface area (Å²) < 4.78 is 32.6. The number of hydrogen-bond donors (Lipinski definition) is 1. The van der Waals surface area contributed by atoms with Gasteiger partial charge in [-0.1, -0.05) is 6.07 Å². The van der Waals surface area contributed by atoms with Gasteiger partial charge in [-0.2, -0.15) is 0 Å². The smallest absolute Gasteiger partial charge is 0.251 e. The Bertz CT molecular complexity index is 577. The third-order valence-corrected chi connectivity index (χ3v) is 4.66. The number of amides is 1. The maximum Gasteiger partial charge on any atom is 0.251 e. The van der Waals surface area contributed by atoms with Crippen LogP contribution in [0, 0.1) is 5.92 Å². The number of rotatable bonds is 5. The standard InChI is InChI=1S/C17H23F2N3O2/c18-17(19)6-2-3-13(17)11-16(23)21-15-5-1-4-14(20-15)12-22-7-9-24-10-8-22/h1,4-5,13H,2-3,6-12H2,(H,20,21,23). The molecule has 1 saturated heterocycles. The molecule has 0 radical (unpaired) electrons. The Labute approximate surface area is 140 Å². The van der Waals surface area contributed by atoms with E-state index in [4.69, 9.17) is 4.74 Å². The summed E-state index contributed by atoms with van der Waals surface area (Å²) in [5.41, 5.74) is 0.848. The molecule has 1 aliphatic carbocycles. The fourth-order valence-corrected chi connectivity index (χ4v) is 3.29. The zero-order valence-corrected chi connectivity index (χ0v) is 13.6. The zero-order valence-electron chi connectivity index (χ0n) is 13.6. The number of morpholine rings is 1. The minimum absolute atomic E-state index is 0.113. The SMILES string of the molecule is O=C(CC1CCCC1(F)F)Nc1cccc(CN2CCOCC2)n1. The number of halogens is 2. The van der Waals surface area contributed by atoms with E-state index in [9.17, 15) is 13.6 Å². The van der Waals surface area contributed by atoms with Crippen LogP contribution in [-0.2, 0) is 16.1 Å². The average molecular weight is 339 g/mol. The fraction of sp³-hybridized carbons (Fsp3) is 0.647. The Balaban J connectivity index is 1.54. The van der Waals surface area contributed by atoms with Gasteiger partial charge >= 0.3 is 0 Å². The molecule has 1 aromatic heterocycles. The van der Waals surface area contributed by atoms with Gasteiger partial charge in [-0.15, -0.1) is 0 Å². The summed E-state index contributed by atoms with van der Waals surface area (Å²) in [7, 11) is 0. The Morgan fingerprint density at radius 3 is 2.88 bits per heavy atom. The molecular weight excluding hydrogens is 316 g/mol. The molecule has 3 rings (SSSR count). The second-order valence-electron chi connectivity index (χ2n) is 6.51. The van der Waals surface area contributed by atoms with Crippen molar-refractivity contribution in [3.05, 3.63) is 23.9 Å². The summed E-state index contributed by atoms with van der Waals surface area (Å²) in [5, 5.41) is 2.66. The lowest BCUT2D eigenvalue weighted by Crippen LogP contribution is -2.35. The molecule has 1 saturated carbocycles. The van der Waals surface area contributed by atoms with Crippen LogP contribution in [0.25, 0.3) is 0 Å². The lowest BCUT2D eigenvalue weighted by molar-refractivity contribution is -0.120. The quantitative estimate of drug-likeness (QED) is 0.896. The van der Waals surface area contributed by atoms with Crippen LogP contribution in [0.5, 0.6) is 0 Å². The highest BCUT2D eigenvalue weighted by Gasteiger charge is 2.44. The highest BCUT2D eigenvalue weighted by molar-refractivity contribution is 5.90. The Morgan fingerprint density at radius 2 is 2.17 bits per heavy atom. The molecule has 5 nitrogen and oxygen atoms in total. The van der Waals surface area contributed by atoms with Gasteiger partial charge in [-0.3, -0.25) is 9.69 Å². The first-order valence-electron chi connectivity index (χ1n) is 8.47. The highest BCUT2D eigenvalue weighted by Crippen LogP contribution is 2.42. The van der Waals surface area contributed by atoms with Gasteiger partial charge in [0.05, 0.1) is 18.9 Å². The lowest BCUT2D eigenvalue weighted by atomic mass is 10.0. The van der Waals surface area contributed by atoms with Crippen molar-refractivity contribution in [1.29, 1.82) is 0 Å². The van der Waals surface area contributed by atoms with E-state index < -0.39 is 17.7 Å². The van der Waals surface area contributed by atoms with Gasteiger partial charge in [0.1, 0.15) is 5.82 Å². The summed E-state index contributed by atoms with van der Waals surface area (Å²) in [6.07, 6.45) is 0.629. The maximum absolute atomic E-state index is 13.6. The summed E-state index contributed by atoms with van der Waals surface area (Å²) in [5.74, 6) is -3.54. The van der Waals surface area contributed by atoms with Gasteiger partial charge < -0.3 is 10.1 Å². The normalized spacial score (nSPS) is 24.0. The topological polar surface area (TPSA) is 54.5 Å². The minimum Gasteiger partial charge on any atom is -0.379 e. The number of anilines is 1. The summed E-state index contributed by atoms with van der Waals surface area (Å²) in [6.45, 7) is 3.83. The zero-order chi connectivity index (χ0) is 17.0. The first-order valence-corrected chi connectivity index (χ1v) is 8.47. The molecule has 1 amide bonds. The maximum atomic E-state index is 13.6. The number of ether oxygens (including phenoxy) is 1. The summed E-state index contributed by atoms with van der Waals surface area (Å²) >= 11 is 0. The van der Waals surface area contributed by atoms with Crippen LogP contribution < -0.4 is 5.32 Å². The predicted molar refractivity (Wildman–Crippen MR) is 85.9 cm³/mol. The van der Waals surface area contributed by atoms with Gasteiger partial charge in [0, 0.05) is 38.4 Å². The molecule has 2 fully saturated rings. The van der Waals surface area contributed by atoms with Crippen molar-refractivity contribution < 1.29 is 18.3 Å². The van der Waals surface area contributed by atoms with E-state index in [1.807, 2.05) is 12.1 Å². The van der Waals surface area contributed by atoms with Crippen LogP contribution in [0.2, 0.25) is 0 Å². The van der Waals surface area contributed by atoms with Crippen molar-refractivity contribution in [3.8, 4) is 0 Å². The molecular formula is C17H23F2N3O2. The van der Waals surface area contributed by atoms with E-state index in [2.05, 4.69) is 15.2 Å². The van der Waals surface area contributed by atoms with Crippen LogP contribution in [0.1, 0.15) is 31.4 Å². The number of pyridine rings is 1. The molecule has 24 heavy (non-hydrogen) atoms. The van der Waals surface area contributed by atoms with Crippen molar-refractivity contribution >= 4 is 11.7 Å². The molecule has 1 unspecified atom stereocenters. The molecule has 132 valence electrons. The summed E-state index contributed by atoms with van der Waals surface area (Å²) in [6, 6.07) is 5.41. The molecule has 1 aromatic rings. The third-order valence-electron chi connectivity index (χ3n) is 4.66. The van der Waals surface area contributed by atoms with Crippen LogP contribution in [0.3, 0.4) is 0 Å². The van der Waals surface area contributed by atoms with E-state index in [1.165, 1.54) is 0 Å². The summed E-state index contributed by atoms with van der Waals surface area (Å²) in [4.78, 5) is 18.7. The monoisotopic (exact) mass is 339 g/mol. The molecule has 0 aromatic carbocycles. The van der Waals surface area contributed by atoms with E-state index >= 15 is 0 Å². The van der Waals surface area contributed by atoms with Crippen molar-refractivity contribution in [2.24, 2.45) is 5.92 Å². The molecule has 1 N–H and O–H groups in total. The Hall–Kier alpha value is -1.60. The number of alkyl halides is 2. The van der Waals surface area contributed by atoms with E-state index in [0.717, 1.165) is 18.8 Å². The van der Waals surface area contributed by atoms with Crippen LogP contribution in [0.15, 0.2) is 18.2 Å². The number of nitrogens with zero attached hydrogens (tertiary/aromatic N) is 2. The van der Waals surface area contributed by atoms with Crippen molar-refractivity contribution in [1.82, 2.24) is 9.88 Å². The van der Waals surface area contributed by atoms with Gasteiger partial charge in [-0.05, 0) is 25.0 Å². The molecule has 0 spiro atoms. The first-order chi connectivity index (χ1) is 11.5. The third kappa shape index (κ3) is 4.48. The second kappa shape index (κ2) is 7.53. The number of carbonyl (C=O) groups is 1. The number of nitrogens with one attached hydrogen (secondary N) is 1. The Morgan fingerprint density at radius 1 is 1.38 bits per heavy atom. The number of aromatic nitrogens is 1. The number of hydrogen-bond acceptors (Lipinski definition) is 4. The lowest BCUT2D eigenvalue weighted by Gasteiger charge is -2.26. The van der Waals surface area contributed by atoms with Gasteiger partial charge in [-0.25, -0.2) is 13.8 Å². The molecule has 1 aliphatic heterocycles. The molecule has 2 aliphatic rings. The second-order valence-corrected chi connectivity index (χ2v) is 6.51. The molecule has 2 heterocycles. The highest BCUT2D eigenvalue weighted by atomic mass is 19.3. The van der Waals surface area contributed by atoms with Crippen LogP contribution in [-0.4, -0.2) is 48.0 Å². The van der Waals surface area contributed by atoms with Crippen molar-refractivity contribution in [3.63, 3.8) is 0 Å². The van der Waals surface area contributed by atoms with Gasteiger partial charge in [0.2, 0.25) is 5.91 Å². The van der Waals surface area contributed by atoms with Gasteiger partial charge in [0.25, 0.3) is 5.92 Å². The average Bonchev–Trinajstić information content (AvgIpc) is 2.87. The van der Waals surface area contributed by atoms with Crippen molar-refractivity contribution in [2.75, 3.05) is 31.6 Å². The van der Waals surface area contributed by atoms with Gasteiger partial charge in [0.15, 0.2) is 0 Å². The largest absolute Gasteiger partial charge is 0.379 e. The van der Waals surface area contributed by atoms with E-state index in [0.29, 0.717) is 38.4 Å². The molecule has 1 atom stereocenters. The van der Waals surface area contributed by atoms with E-state index in [1.54, 1.807) is 6.07 Å². The van der Waals surface area contributed by atoms with Crippen LogP contribution >= 0.6 is 0 Å². The molecule has 0 bridgehead atoms. The number of carbonyl (C=O) groups excluding carboxylic acids is 1.